The molecule has 62 heavy (non-hydrogen) atoms. The van der Waals surface area contributed by atoms with E-state index in [1.807, 2.05) is 24.3 Å². The van der Waals surface area contributed by atoms with Crippen LogP contribution in [0.2, 0.25) is 0 Å². The van der Waals surface area contributed by atoms with Gasteiger partial charge in [-0.05, 0) is 91.0 Å². The van der Waals surface area contributed by atoms with Gasteiger partial charge in [-0.25, -0.2) is 15.0 Å². The second-order valence-corrected chi connectivity index (χ2v) is 16.2. The van der Waals surface area contributed by atoms with Gasteiger partial charge in [0.1, 0.15) is 11.2 Å². The number of aromatic nitrogens is 3. The normalized spacial score (nSPS) is 13.0. The van der Waals surface area contributed by atoms with Gasteiger partial charge in [0, 0.05) is 27.5 Å². The topological polar surface area (TPSA) is 51.8 Å². The monoisotopic (exact) mass is 789 g/mol. The number of para-hydroxylation sites is 1. The Balaban J connectivity index is 1.10. The standard InChI is InChI=1S/C58H35N3O/c1-2-16-36(17-3-1)39-18-4-7-25-48(39)57-60-55(59-56(61-57)38-31-33-47-46-24-11-15-29-53(46)62-54(47)35-38)37-30-32-45-41-20-6-5-19-40(41)42-21-8-12-26-49(42)58(52(45)34-37)50-27-13-9-22-43(50)44-23-10-14-28-51(44)58/h1-35H. The van der Waals surface area contributed by atoms with Crippen LogP contribution in [0.1, 0.15) is 22.3 Å². The van der Waals surface area contributed by atoms with Crippen molar-refractivity contribution in [1.82, 2.24) is 15.0 Å². The van der Waals surface area contributed by atoms with Crippen molar-refractivity contribution in [3.63, 3.8) is 0 Å². The summed E-state index contributed by atoms with van der Waals surface area (Å²) < 4.78 is 6.39. The van der Waals surface area contributed by atoms with Gasteiger partial charge in [-0.2, -0.15) is 0 Å². The Labute approximate surface area is 358 Å². The first-order chi connectivity index (χ1) is 30.7. The third-order valence-corrected chi connectivity index (χ3v) is 13.0. The zero-order valence-corrected chi connectivity index (χ0v) is 33.5. The van der Waals surface area contributed by atoms with Gasteiger partial charge in [-0.3, -0.25) is 0 Å². The van der Waals surface area contributed by atoms with Crippen molar-refractivity contribution < 1.29 is 4.42 Å². The predicted molar refractivity (Wildman–Crippen MR) is 251 cm³/mol. The highest BCUT2D eigenvalue weighted by Gasteiger charge is 2.49. The zero-order chi connectivity index (χ0) is 40.8. The first-order valence-electron chi connectivity index (χ1n) is 21.1. The van der Waals surface area contributed by atoms with Crippen molar-refractivity contribution in [3.8, 4) is 78.7 Å². The van der Waals surface area contributed by atoms with Crippen LogP contribution in [-0.2, 0) is 5.41 Å². The molecule has 2 aliphatic carbocycles. The number of hydrogen-bond donors (Lipinski definition) is 0. The van der Waals surface area contributed by atoms with Gasteiger partial charge in [0.25, 0.3) is 0 Å². The van der Waals surface area contributed by atoms with E-state index in [4.69, 9.17) is 19.4 Å². The summed E-state index contributed by atoms with van der Waals surface area (Å²) in [6.45, 7) is 0. The van der Waals surface area contributed by atoms with Crippen molar-refractivity contribution >= 4 is 21.9 Å². The molecule has 288 valence electrons. The van der Waals surface area contributed by atoms with Crippen molar-refractivity contribution in [1.29, 1.82) is 0 Å². The number of benzene rings is 9. The van der Waals surface area contributed by atoms with E-state index in [1.165, 1.54) is 55.6 Å². The highest BCUT2D eigenvalue weighted by Crippen LogP contribution is 2.61. The molecule has 2 heterocycles. The molecule has 0 unspecified atom stereocenters. The molecule has 2 aliphatic rings. The summed E-state index contributed by atoms with van der Waals surface area (Å²) >= 11 is 0. The lowest BCUT2D eigenvalue weighted by Crippen LogP contribution is -2.29. The van der Waals surface area contributed by atoms with E-state index in [0.29, 0.717) is 17.5 Å². The summed E-state index contributed by atoms with van der Waals surface area (Å²) in [7, 11) is 0. The van der Waals surface area contributed by atoms with E-state index in [9.17, 15) is 0 Å². The Morgan fingerprint density at radius 3 is 1.39 bits per heavy atom. The van der Waals surface area contributed by atoms with Gasteiger partial charge in [0.15, 0.2) is 17.5 Å². The Kier molecular flexibility index (Phi) is 7.49. The maximum atomic E-state index is 6.39. The quantitative estimate of drug-likeness (QED) is 0.178. The molecular formula is C58H35N3O. The molecule has 0 fully saturated rings. The lowest BCUT2D eigenvalue weighted by molar-refractivity contribution is 0.669. The van der Waals surface area contributed by atoms with Gasteiger partial charge in [-0.15, -0.1) is 0 Å². The van der Waals surface area contributed by atoms with Crippen LogP contribution in [0.4, 0.5) is 0 Å². The van der Waals surface area contributed by atoms with Gasteiger partial charge < -0.3 is 4.42 Å². The lowest BCUT2D eigenvalue weighted by atomic mass is 9.65. The van der Waals surface area contributed by atoms with Crippen LogP contribution >= 0.6 is 0 Å². The molecule has 0 radical (unpaired) electrons. The molecule has 2 aromatic heterocycles. The van der Waals surface area contributed by atoms with Crippen molar-refractivity contribution in [2.24, 2.45) is 0 Å². The first kappa shape index (κ1) is 34.6. The Morgan fingerprint density at radius 2 is 0.726 bits per heavy atom. The zero-order valence-electron chi connectivity index (χ0n) is 33.5. The van der Waals surface area contributed by atoms with E-state index in [-0.39, 0.29) is 0 Å². The van der Waals surface area contributed by atoms with Gasteiger partial charge in [0.2, 0.25) is 0 Å². The molecule has 4 nitrogen and oxygen atoms in total. The minimum absolute atomic E-state index is 0.576. The number of nitrogens with zero attached hydrogens (tertiary/aromatic N) is 3. The fourth-order valence-corrected chi connectivity index (χ4v) is 10.4. The second-order valence-electron chi connectivity index (χ2n) is 16.2. The van der Waals surface area contributed by atoms with Crippen molar-refractivity contribution in [2.45, 2.75) is 5.41 Å². The highest BCUT2D eigenvalue weighted by atomic mass is 16.3. The minimum Gasteiger partial charge on any atom is -0.456 e. The molecular weight excluding hydrogens is 755 g/mol. The number of hydrogen-bond acceptors (Lipinski definition) is 4. The SMILES string of the molecule is c1ccc(-c2ccccc2-c2nc(-c3ccc4c(c3)C3(c5ccccc5-c5ccccc5-4)c4ccccc4-c4ccccc43)nc(-c3ccc4c(c3)oc3ccccc34)n2)cc1. The molecule has 0 aliphatic heterocycles. The summed E-state index contributed by atoms with van der Waals surface area (Å²) in [6.07, 6.45) is 0. The number of rotatable bonds is 4. The third-order valence-electron chi connectivity index (χ3n) is 13.0. The second kappa shape index (κ2) is 13.4. The Morgan fingerprint density at radius 1 is 0.274 bits per heavy atom. The molecule has 13 rings (SSSR count). The summed E-state index contributed by atoms with van der Waals surface area (Å²) in [4.78, 5) is 16.0. The minimum atomic E-state index is -0.626. The molecule has 0 atom stereocenters. The van der Waals surface area contributed by atoms with Crippen molar-refractivity contribution in [3.05, 3.63) is 235 Å². The fourth-order valence-electron chi connectivity index (χ4n) is 10.4. The van der Waals surface area contributed by atoms with E-state index in [0.717, 1.165) is 49.8 Å². The molecule has 4 heteroatoms. The summed E-state index contributed by atoms with van der Waals surface area (Å²) in [5.74, 6) is 1.78. The van der Waals surface area contributed by atoms with Crippen LogP contribution in [0.3, 0.4) is 0 Å². The van der Waals surface area contributed by atoms with Gasteiger partial charge in [-0.1, -0.05) is 188 Å². The third kappa shape index (κ3) is 4.98. The van der Waals surface area contributed by atoms with Crippen LogP contribution in [0.15, 0.2) is 217 Å². The van der Waals surface area contributed by atoms with Crippen LogP contribution in [-0.4, -0.2) is 15.0 Å². The maximum Gasteiger partial charge on any atom is 0.164 e. The number of fused-ring (bicyclic) bond motifs is 15. The molecule has 11 aromatic rings. The average molecular weight is 790 g/mol. The molecule has 0 bridgehead atoms. The van der Waals surface area contributed by atoms with Gasteiger partial charge >= 0.3 is 0 Å². The van der Waals surface area contributed by atoms with Crippen LogP contribution < -0.4 is 0 Å². The largest absolute Gasteiger partial charge is 0.456 e. The average Bonchev–Trinajstić information content (AvgIpc) is 3.84. The summed E-state index contributed by atoms with van der Waals surface area (Å²) in [6, 6.07) is 75.9. The molecule has 0 saturated carbocycles. The lowest BCUT2D eigenvalue weighted by Gasteiger charge is -2.35. The summed E-state index contributed by atoms with van der Waals surface area (Å²) in [5, 5.41) is 2.14. The maximum absolute atomic E-state index is 6.39. The van der Waals surface area contributed by atoms with Crippen LogP contribution in [0.5, 0.6) is 0 Å². The van der Waals surface area contributed by atoms with Crippen molar-refractivity contribution in [2.75, 3.05) is 0 Å². The first-order valence-corrected chi connectivity index (χ1v) is 21.1. The molecule has 9 aromatic carbocycles. The number of furan rings is 1. The van der Waals surface area contributed by atoms with E-state index in [2.05, 4.69) is 188 Å². The van der Waals surface area contributed by atoms with E-state index >= 15 is 0 Å². The highest BCUT2D eigenvalue weighted by molar-refractivity contribution is 6.06. The van der Waals surface area contributed by atoms with Crippen LogP contribution in [0, 0.1) is 0 Å². The molecule has 0 saturated heterocycles. The molecule has 0 N–H and O–H groups in total. The van der Waals surface area contributed by atoms with E-state index < -0.39 is 5.41 Å². The Hall–Kier alpha value is -8.21. The van der Waals surface area contributed by atoms with E-state index in [1.54, 1.807) is 0 Å². The predicted octanol–water partition coefficient (Wildman–Crippen LogP) is 14.4. The molecule has 1 spiro atoms. The van der Waals surface area contributed by atoms with Gasteiger partial charge in [0.05, 0.1) is 5.41 Å². The fraction of sp³-hybridized carbons (Fsp3) is 0.0172. The van der Waals surface area contributed by atoms with Crippen LogP contribution in [0.25, 0.3) is 101 Å². The molecule has 0 amide bonds. The summed E-state index contributed by atoms with van der Waals surface area (Å²) in [5.41, 5.74) is 18.2. The smallest absolute Gasteiger partial charge is 0.164 e. The Bertz CT molecular complexity index is 3560.